The first-order valence-electron chi connectivity index (χ1n) is 6.63. The Kier molecular flexibility index (Phi) is 3.42. The maximum atomic E-state index is 8.71. The predicted octanol–water partition coefficient (Wildman–Crippen LogP) is 3.40. The summed E-state index contributed by atoms with van der Waals surface area (Å²) in [5.41, 5.74) is 3.14. The highest BCUT2D eigenvalue weighted by Gasteiger charge is 2.11. The number of aryl methyl sites for hydroxylation is 1. The molecule has 0 saturated heterocycles. The summed E-state index contributed by atoms with van der Waals surface area (Å²) in [6.45, 7) is 0.797. The molecule has 0 spiro atoms. The molecule has 2 heterocycles. The second-order valence-corrected chi connectivity index (χ2v) is 4.57. The van der Waals surface area contributed by atoms with Gasteiger partial charge in [0.1, 0.15) is 5.82 Å². The fraction of sp³-hybridized carbons (Fsp3) is 0.188. The van der Waals surface area contributed by atoms with Crippen LogP contribution in [0.5, 0.6) is 0 Å². The van der Waals surface area contributed by atoms with Crippen molar-refractivity contribution in [2.75, 3.05) is 0 Å². The molecule has 0 aliphatic rings. The zero-order valence-electron chi connectivity index (χ0n) is 11.0. The highest BCUT2D eigenvalue weighted by atomic mass is 15.1. The van der Waals surface area contributed by atoms with Gasteiger partial charge in [0.25, 0.3) is 0 Å². The van der Waals surface area contributed by atoms with Crippen molar-refractivity contribution in [2.24, 2.45) is 0 Å². The Hall–Kier alpha value is -2.67. The number of pyridine rings is 1. The first-order valence-corrected chi connectivity index (χ1v) is 6.63. The maximum Gasteiger partial charge on any atom is 0.141 e. The Bertz CT molecular complexity index is 753. The predicted molar refractivity (Wildman–Crippen MR) is 77.8 cm³/mol. The van der Waals surface area contributed by atoms with Crippen LogP contribution in [0.25, 0.3) is 22.4 Å². The van der Waals surface area contributed by atoms with Crippen molar-refractivity contribution in [3.05, 3.63) is 48.8 Å². The molecule has 0 saturated carbocycles. The number of para-hydroxylation sites is 2. The number of nitriles is 1. The first kappa shape index (κ1) is 12.4. The number of hydrogen-bond donors (Lipinski definition) is 0. The molecule has 0 aliphatic carbocycles. The average Bonchev–Trinajstić information content (AvgIpc) is 2.87. The van der Waals surface area contributed by atoms with E-state index in [1.807, 2.05) is 30.3 Å². The largest absolute Gasteiger partial charge is 0.324 e. The SMILES string of the molecule is N#CCCCn1c(-c2ccncc2)nc2ccccc21. The Morgan fingerprint density at radius 1 is 1.10 bits per heavy atom. The first-order chi connectivity index (χ1) is 9.90. The molecule has 4 heteroatoms. The van der Waals surface area contributed by atoms with Gasteiger partial charge in [-0.15, -0.1) is 0 Å². The standard InChI is InChI=1S/C16H14N4/c17-9-3-4-12-20-15-6-2-1-5-14(15)19-16(20)13-7-10-18-11-8-13/h1-2,5-8,10-11H,3-4,12H2. The maximum absolute atomic E-state index is 8.71. The quantitative estimate of drug-likeness (QED) is 0.677. The zero-order chi connectivity index (χ0) is 13.8. The lowest BCUT2D eigenvalue weighted by Crippen LogP contribution is -2.00. The normalized spacial score (nSPS) is 10.6. The summed E-state index contributed by atoms with van der Waals surface area (Å²) in [6, 6.07) is 14.2. The van der Waals surface area contributed by atoms with Crippen LogP contribution in [0, 0.1) is 11.3 Å². The zero-order valence-corrected chi connectivity index (χ0v) is 11.0. The molecule has 3 aromatic rings. The molecule has 20 heavy (non-hydrogen) atoms. The molecule has 4 nitrogen and oxygen atoms in total. The summed E-state index contributed by atoms with van der Waals surface area (Å²) in [7, 11) is 0. The molecule has 0 aliphatic heterocycles. The van der Waals surface area contributed by atoms with Gasteiger partial charge in [0.15, 0.2) is 0 Å². The third-order valence-electron chi connectivity index (χ3n) is 3.26. The van der Waals surface area contributed by atoms with E-state index in [1.165, 1.54) is 0 Å². The van der Waals surface area contributed by atoms with Crippen LogP contribution in [0.15, 0.2) is 48.8 Å². The molecular weight excluding hydrogens is 248 g/mol. The van der Waals surface area contributed by atoms with Gasteiger partial charge in [0.2, 0.25) is 0 Å². The van der Waals surface area contributed by atoms with E-state index in [1.54, 1.807) is 12.4 Å². The molecule has 0 radical (unpaired) electrons. The fourth-order valence-corrected chi connectivity index (χ4v) is 2.34. The molecule has 0 N–H and O–H groups in total. The van der Waals surface area contributed by atoms with Crippen LogP contribution in [0.4, 0.5) is 0 Å². The van der Waals surface area contributed by atoms with Gasteiger partial charge in [-0.2, -0.15) is 5.26 Å². The van der Waals surface area contributed by atoms with Gasteiger partial charge in [-0.25, -0.2) is 4.98 Å². The Labute approximate surface area is 117 Å². The van der Waals surface area contributed by atoms with Crippen molar-refractivity contribution < 1.29 is 0 Å². The van der Waals surface area contributed by atoms with Gasteiger partial charge in [-0.3, -0.25) is 4.98 Å². The lowest BCUT2D eigenvalue weighted by atomic mass is 10.2. The lowest BCUT2D eigenvalue weighted by molar-refractivity contribution is 0.675. The number of benzene rings is 1. The average molecular weight is 262 g/mol. The Morgan fingerprint density at radius 3 is 2.70 bits per heavy atom. The second-order valence-electron chi connectivity index (χ2n) is 4.57. The van der Waals surface area contributed by atoms with Crippen LogP contribution >= 0.6 is 0 Å². The van der Waals surface area contributed by atoms with E-state index in [0.717, 1.165) is 35.4 Å². The number of fused-ring (bicyclic) bond motifs is 1. The molecule has 0 fully saturated rings. The van der Waals surface area contributed by atoms with Crippen LogP contribution in [-0.2, 0) is 6.54 Å². The molecule has 2 aromatic heterocycles. The minimum atomic E-state index is 0.558. The molecular formula is C16H14N4. The van der Waals surface area contributed by atoms with Crippen LogP contribution in [0.3, 0.4) is 0 Å². The molecule has 0 atom stereocenters. The van der Waals surface area contributed by atoms with E-state index in [9.17, 15) is 0 Å². The number of unbranched alkanes of at least 4 members (excludes halogenated alkanes) is 1. The summed E-state index contributed by atoms with van der Waals surface area (Å²) >= 11 is 0. The van der Waals surface area contributed by atoms with Crippen molar-refractivity contribution in [3.8, 4) is 17.5 Å². The van der Waals surface area contributed by atoms with Crippen molar-refractivity contribution in [2.45, 2.75) is 19.4 Å². The van der Waals surface area contributed by atoms with Crippen LogP contribution in [0.1, 0.15) is 12.8 Å². The fourth-order valence-electron chi connectivity index (χ4n) is 2.34. The number of nitrogens with zero attached hydrogens (tertiary/aromatic N) is 4. The highest BCUT2D eigenvalue weighted by Crippen LogP contribution is 2.24. The van der Waals surface area contributed by atoms with Gasteiger partial charge >= 0.3 is 0 Å². The lowest BCUT2D eigenvalue weighted by Gasteiger charge is -2.07. The molecule has 0 bridgehead atoms. The van der Waals surface area contributed by atoms with Gasteiger partial charge in [-0.1, -0.05) is 12.1 Å². The summed E-state index contributed by atoms with van der Waals surface area (Å²) < 4.78 is 2.18. The smallest absolute Gasteiger partial charge is 0.141 e. The van der Waals surface area contributed by atoms with E-state index in [-0.39, 0.29) is 0 Å². The van der Waals surface area contributed by atoms with Crippen molar-refractivity contribution in [1.82, 2.24) is 14.5 Å². The van der Waals surface area contributed by atoms with Gasteiger partial charge < -0.3 is 4.57 Å². The number of imidazole rings is 1. The summed E-state index contributed by atoms with van der Waals surface area (Å²) in [5.74, 6) is 0.937. The van der Waals surface area contributed by atoms with E-state index in [2.05, 4.69) is 21.7 Å². The third kappa shape index (κ3) is 2.26. The number of rotatable bonds is 4. The van der Waals surface area contributed by atoms with Crippen LogP contribution in [0.2, 0.25) is 0 Å². The van der Waals surface area contributed by atoms with Gasteiger partial charge in [0.05, 0.1) is 17.1 Å². The Balaban J connectivity index is 2.10. The van der Waals surface area contributed by atoms with Gasteiger partial charge in [0, 0.05) is 30.9 Å². The third-order valence-corrected chi connectivity index (χ3v) is 3.26. The van der Waals surface area contributed by atoms with Crippen LogP contribution < -0.4 is 0 Å². The minimum absolute atomic E-state index is 0.558. The Morgan fingerprint density at radius 2 is 1.90 bits per heavy atom. The topological polar surface area (TPSA) is 54.5 Å². The highest BCUT2D eigenvalue weighted by molar-refractivity contribution is 5.80. The van der Waals surface area contributed by atoms with Crippen molar-refractivity contribution in [3.63, 3.8) is 0 Å². The molecule has 0 unspecified atom stereocenters. The number of aromatic nitrogens is 3. The summed E-state index contributed by atoms with van der Waals surface area (Å²) in [5, 5.41) is 8.71. The van der Waals surface area contributed by atoms with Crippen LogP contribution in [-0.4, -0.2) is 14.5 Å². The van der Waals surface area contributed by atoms with E-state index >= 15 is 0 Å². The van der Waals surface area contributed by atoms with Gasteiger partial charge in [-0.05, 0) is 30.7 Å². The molecule has 1 aromatic carbocycles. The van der Waals surface area contributed by atoms with Crippen molar-refractivity contribution in [1.29, 1.82) is 5.26 Å². The van der Waals surface area contributed by atoms with E-state index < -0.39 is 0 Å². The van der Waals surface area contributed by atoms with E-state index in [4.69, 9.17) is 10.2 Å². The minimum Gasteiger partial charge on any atom is -0.324 e. The summed E-state index contributed by atoms with van der Waals surface area (Å²) in [6.07, 6.45) is 4.93. The monoisotopic (exact) mass is 262 g/mol. The molecule has 3 rings (SSSR count). The van der Waals surface area contributed by atoms with Crippen molar-refractivity contribution >= 4 is 11.0 Å². The molecule has 0 amide bonds. The molecule has 98 valence electrons. The van der Waals surface area contributed by atoms with E-state index in [0.29, 0.717) is 6.42 Å². The second kappa shape index (κ2) is 5.54. The summed E-state index contributed by atoms with van der Waals surface area (Å²) in [4.78, 5) is 8.76. The number of hydrogen-bond acceptors (Lipinski definition) is 3.